The Balaban J connectivity index is 0.000000457. The molecule has 0 amide bonds. The van der Waals surface area contributed by atoms with Gasteiger partial charge in [0.25, 0.3) is 0 Å². The van der Waals surface area contributed by atoms with E-state index in [4.69, 9.17) is 0 Å². The quantitative estimate of drug-likeness (QED) is 0.117. The molecule has 0 bridgehead atoms. The van der Waals surface area contributed by atoms with Crippen molar-refractivity contribution in [2.75, 3.05) is 0 Å². The van der Waals surface area contributed by atoms with E-state index in [1.165, 1.54) is 12.1 Å². The molecule has 0 aliphatic rings. The number of halogens is 23. The Hall–Kier alpha value is -4.73. The number of carboxylic acid groups (broad SMARTS) is 1. The minimum atomic E-state index is -9.52. The molecule has 59 heavy (non-hydrogen) atoms. The van der Waals surface area contributed by atoms with Crippen molar-refractivity contribution in [3.8, 4) is 17.2 Å². The molecule has 3 aromatic rings. The third-order valence-corrected chi connectivity index (χ3v) is 9.67. The van der Waals surface area contributed by atoms with Gasteiger partial charge in [0.1, 0.15) is 22.6 Å². The van der Waals surface area contributed by atoms with E-state index in [-0.39, 0.29) is 17.2 Å². The summed E-state index contributed by atoms with van der Waals surface area (Å²) >= 11 is 0. The highest BCUT2D eigenvalue weighted by Gasteiger charge is 2.98. The largest absolute Gasteiger partial charge is 0.544 e. The van der Waals surface area contributed by atoms with Crippen molar-refractivity contribution in [3.05, 3.63) is 72.8 Å². The van der Waals surface area contributed by atoms with Crippen molar-refractivity contribution in [3.63, 3.8) is 0 Å². The molecule has 0 aromatic heterocycles. The van der Waals surface area contributed by atoms with E-state index in [2.05, 4.69) is 0 Å². The number of carboxylic acids is 1. The summed E-state index contributed by atoms with van der Waals surface area (Å²) in [6, 6.07) is 21.9. The zero-order valence-electron chi connectivity index (χ0n) is 27.2. The molecule has 0 spiro atoms. The highest BCUT2D eigenvalue weighted by molar-refractivity contribution is 7.97. The van der Waals surface area contributed by atoms with E-state index in [1.54, 1.807) is 0 Å². The highest BCUT2D eigenvalue weighted by atomic mass is 32.2. The second kappa shape index (κ2) is 15.4. The summed E-state index contributed by atoms with van der Waals surface area (Å²) in [5, 5.41) is 39.8. The van der Waals surface area contributed by atoms with Gasteiger partial charge in [0.2, 0.25) is 4.90 Å². The smallest absolute Gasteiger partial charge is 0.460 e. The van der Waals surface area contributed by atoms with Crippen molar-refractivity contribution in [1.29, 1.82) is 0 Å². The number of hydrogen-bond acceptors (Lipinski definition) is 5. The maximum atomic E-state index is 13.3. The third-order valence-electron chi connectivity index (χ3n) is 7.36. The van der Waals surface area contributed by atoms with Crippen LogP contribution in [0.1, 0.15) is 0 Å². The minimum absolute atomic E-state index is 0.117. The first-order valence-corrected chi connectivity index (χ1v) is 15.5. The lowest BCUT2D eigenvalue weighted by Crippen LogP contribution is -2.78. The zero-order valence-corrected chi connectivity index (χ0v) is 28.0. The number of hydrogen-bond donors (Lipinski definition) is 3. The van der Waals surface area contributed by atoms with Crippen LogP contribution in [-0.4, -0.2) is 86.7 Å². The number of rotatable bonds is 13. The maximum Gasteiger partial charge on any atom is 0.460 e. The van der Waals surface area contributed by atoms with Crippen LogP contribution in [-0.2, 0) is 15.7 Å². The van der Waals surface area contributed by atoms with Crippen LogP contribution in [0, 0.1) is 0 Å². The molecule has 332 valence electrons. The number of carbonyl (C=O) groups is 1. The van der Waals surface area contributed by atoms with Gasteiger partial charge in [0.15, 0.2) is 21.3 Å². The second-order valence-electron chi connectivity index (χ2n) is 11.3. The molecule has 5 nitrogen and oxygen atoms in total. The first kappa shape index (κ1) is 50.4. The normalized spacial score (nSPS) is 14.5. The lowest BCUT2D eigenvalue weighted by molar-refractivity contribution is -0.479. The first-order chi connectivity index (χ1) is 26.1. The first-order valence-electron chi connectivity index (χ1n) is 14.3. The predicted molar refractivity (Wildman–Crippen MR) is 147 cm³/mol. The van der Waals surface area contributed by atoms with Gasteiger partial charge in [-0.1, -0.05) is 36.4 Å². The monoisotopic (exact) mass is 924 g/mol. The summed E-state index contributed by atoms with van der Waals surface area (Å²) in [6.45, 7) is 0. The molecule has 0 saturated carbocycles. The lowest BCUT2D eigenvalue weighted by atomic mass is 9.85. The zero-order chi connectivity index (χ0) is 46.6. The van der Waals surface area contributed by atoms with Crippen LogP contribution in [0.4, 0.5) is 101 Å². The molecule has 0 unspecified atom stereocenters. The molecule has 0 saturated heterocycles. The van der Waals surface area contributed by atoms with Crippen LogP contribution in [0.2, 0.25) is 0 Å². The van der Waals surface area contributed by atoms with Gasteiger partial charge in [-0.15, -0.1) is 0 Å². The number of carbonyl (C=O) groups excluding carboxylic acids is 1. The number of phenolic OH excluding ortho intramolecular Hbond substituents is 3. The lowest BCUT2D eigenvalue weighted by Gasteiger charge is -2.45. The summed E-state index contributed by atoms with van der Waals surface area (Å²) in [7, 11) is -0.657. The van der Waals surface area contributed by atoms with E-state index in [9.17, 15) is 126 Å². The molecule has 0 aliphatic heterocycles. The predicted octanol–water partition coefficient (Wildman–Crippen LogP) is 9.55. The van der Waals surface area contributed by atoms with Gasteiger partial charge in [0, 0.05) is 12.1 Å². The van der Waals surface area contributed by atoms with Gasteiger partial charge < -0.3 is 25.2 Å². The van der Waals surface area contributed by atoms with Crippen LogP contribution in [0.15, 0.2) is 87.5 Å². The van der Waals surface area contributed by atoms with Gasteiger partial charge in [-0.3, -0.25) is 0 Å². The standard InChI is InChI=1S/C18H14O3S.C12HF23O2/c19-13-11-16(20)18(17(21)12-13)22(14-7-3-1-4-8-14)15-9-5-2-6-10-15;13-2(14,1(36)37)3(15,16)4(17,18)5(19,20)6(21,22)7(23,24)8(25,26)9(27,28)10(29,30)11(31,32)12(33,34)35/h1-12H,(H2-,19,20,21);(H,36,37). The van der Waals surface area contributed by atoms with Gasteiger partial charge in [-0.05, 0) is 24.3 Å². The van der Waals surface area contributed by atoms with Gasteiger partial charge in [-0.2, -0.15) is 101 Å². The van der Waals surface area contributed by atoms with Crippen LogP contribution in [0.25, 0.3) is 0 Å². The summed E-state index contributed by atoms with van der Waals surface area (Å²) < 4.78 is 297. The number of benzene rings is 3. The average molecular weight is 924 g/mol. The Kier molecular flexibility index (Phi) is 13.1. The van der Waals surface area contributed by atoms with Crippen LogP contribution in [0.5, 0.6) is 17.2 Å². The summed E-state index contributed by atoms with van der Waals surface area (Å²) in [5.41, 5.74) is 0. The minimum Gasteiger partial charge on any atom is -0.544 e. The highest BCUT2D eigenvalue weighted by Crippen LogP contribution is 2.67. The molecule has 3 N–H and O–H groups in total. The van der Waals surface area contributed by atoms with Crippen molar-refractivity contribution in [2.24, 2.45) is 0 Å². The molecule has 0 atom stereocenters. The number of aromatic hydroxyl groups is 3. The fraction of sp³-hybridized carbons (Fsp3) is 0.367. The topological polar surface area (TPSA) is 101 Å². The van der Waals surface area contributed by atoms with Crippen molar-refractivity contribution >= 4 is 16.9 Å². The Bertz CT molecular complexity index is 1890. The molecular formula is C30H15F23O5S. The molecule has 3 rings (SSSR count). The fourth-order valence-corrected chi connectivity index (χ4v) is 6.30. The van der Waals surface area contributed by atoms with Gasteiger partial charge in [0.05, 0.1) is 0 Å². The van der Waals surface area contributed by atoms with E-state index in [0.717, 1.165) is 9.79 Å². The van der Waals surface area contributed by atoms with E-state index in [1.807, 2.05) is 60.7 Å². The van der Waals surface area contributed by atoms with Gasteiger partial charge >= 0.3 is 65.4 Å². The summed E-state index contributed by atoms with van der Waals surface area (Å²) in [5.74, 6) is -95.5. The van der Waals surface area contributed by atoms with Crippen molar-refractivity contribution < 1.29 is 126 Å². The molecule has 0 aliphatic carbocycles. The third kappa shape index (κ3) is 7.65. The Morgan fingerprint density at radius 2 is 0.678 bits per heavy atom. The van der Waals surface area contributed by atoms with Crippen molar-refractivity contribution in [1.82, 2.24) is 0 Å². The summed E-state index contributed by atoms with van der Waals surface area (Å²) in [6.07, 6.45) is -8.14. The van der Waals surface area contributed by atoms with E-state index < -0.39 is 82.3 Å². The van der Waals surface area contributed by atoms with Crippen LogP contribution in [0.3, 0.4) is 0 Å². The fourth-order valence-electron chi connectivity index (χ4n) is 4.16. The van der Waals surface area contributed by atoms with E-state index in [0.29, 0.717) is 4.90 Å². The molecular weight excluding hydrogens is 909 g/mol. The molecule has 29 heteroatoms. The van der Waals surface area contributed by atoms with Gasteiger partial charge in [-0.25, -0.2) is 0 Å². The number of aliphatic carboxylic acids is 1. The van der Waals surface area contributed by atoms with Crippen molar-refractivity contribution in [2.45, 2.75) is 80.1 Å². The second-order valence-corrected chi connectivity index (χ2v) is 13.2. The van der Waals surface area contributed by atoms with Crippen LogP contribution < -0.4 is 5.11 Å². The Morgan fingerprint density at radius 3 is 0.932 bits per heavy atom. The average Bonchev–Trinajstić information content (AvgIpc) is 3.09. The van der Waals surface area contributed by atoms with Crippen LogP contribution >= 0.6 is 0 Å². The molecule has 0 fully saturated rings. The molecule has 0 radical (unpaired) electrons. The Labute approximate surface area is 313 Å². The molecule has 0 heterocycles. The van der Waals surface area contributed by atoms with E-state index >= 15 is 0 Å². The maximum absolute atomic E-state index is 13.3. The molecule has 3 aromatic carbocycles. The SMILES string of the molecule is O=C([O-])C(F)(F)C(F)(F)C(F)(F)C(F)(F)C(F)(F)C(F)(F)C(F)(F)C(F)(F)C(F)(F)C(F)(F)C(F)(F)F.Oc1cc(O)c([S+](c2ccccc2)c2ccccc2)c(O)c1. The summed E-state index contributed by atoms with van der Waals surface area (Å²) in [4.78, 5) is 12.1. The number of phenols is 3. The number of alkyl halides is 23. The Morgan fingerprint density at radius 1 is 0.424 bits per heavy atom.